The standard InChI is InChI=1S/C18H25N5O2S/c1-2-19-18(21-13-11-16-8-6-7-12-20-16)22-14-15-23-26(24,25)17-9-4-3-5-10-17/h3-10,12,23H,2,11,13-15H2,1H3,(H2,19,21,22). The summed E-state index contributed by atoms with van der Waals surface area (Å²) >= 11 is 0. The van der Waals surface area contributed by atoms with Gasteiger partial charge in [-0.1, -0.05) is 24.3 Å². The molecule has 0 atom stereocenters. The molecular weight excluding hydrogens is 350 g/mol. The zero-order valence-electron chi connectivity index (χ0n) is 14.9. The third kappa shape index (κ3) is 6.81. The van der Waals surface area contributed by atoms with Crippen LogP contribution in [0.1, 0.15) is 12.6 Å². The lowest BCUT2D eigenvalue weighted by Crippen LogP contribution is -2.39. The van der Waals surface area contributed by atoms with Crippen LogP contribution in [0.3, 0.4) is 0 Å². The number of aliphatic imine (C=N–C) groups is 1. The highest BCUT2D eigenvalue weighted by Crippen LogP contribution is 2.06. The second-order valence-corrected chi connectivity index (χ2v) is 7.24. The van der Waals surface area contributed by atoms with E-state index in [-0.39, 0.29) is 11.4 Å². The number of nitrogens with one attached hydrogen (secondary N) is 3. The maximum Gasteiger partial charge on any atom is 0.240 e. The summed E-state index contributed by atoms with van der Waals surface area (Å²) < 4.78 is 26.8. The van der Waals surface area contributed by atoms with Crippen molar-refractivity contribution in [3.8, 4) is 0 Å². The minimum absolute atomic E-state index is 0.230. The molecule has 7 nitrogen and oxygen atoms in total. The molecule has 140 valence electrons. The summed E-state index contributed by atoms with van der Waals surface area (Å²) in [7, 11) is -3.49. The second-order valence-electron chi connectivity index (χ2n) is 5.47. The van der Waals surface area contributed by atoms with Crippen LogP contribution < -0.4 is 15.4 Å². The average Bonchev–Trinajstić information content (AvgIpc) is 2.67. The lowest BCUT2D eigenvalue weighted by molar-refractivity contribution is 0.582. The van der Waals surface area contributed by atoms with Gasteiger partial charge in [-0.15, -0.1) is 0 Å². The molecule has 26 heavy (non-hydrogen) atoms. The summed E-state index contributed by atoms with van der Waals surface area (Å²) in [6, 6.07) is 14.1. The monoisotopic (exact) mass is 375 g/mol. The van der Waals surface area contributed by atoms with Crippen molar-refractivity contribution in [1.29, 1.82) is 0 Å². The Balaban J connectivity index is 1.79. The maximum atomic E-state index is 12.1. The van der Waals surface area contributed by atoms with Crippen molar-refractivity contribution in [1.82, 2.24) is 20.3 Å². The van der Waals surface area contributed by atoms with Gasteiger partial charge in [-0.3, -0.25) is 9.98 Å². The largest absolute Gasteiger partial charge is 0.357 e. The van der Waals surface area contributed by atoms with Crippen LogP contribution >= 0.6 is 0 Å². The maximum absolute atomic E-state index is 12.1. The number of hydrogen-bond acceptors (Lipinski definition) is 4. The molecule has 2 rings (SSSR count). The third-order valence-corrected chi connectivity index (χ3v) is 4.95. The van der Waals surface area contributed by atoms with Crippen LogP contribution in [0.4, 0.5) is 0 Å². The smallest absolute Gasteiger partial charge is 0.240 e. The first kappa shape index (κ1) is 19.9. The molecule has 0 radical (unpaired) electrons. The van der Waals surface area contributed by atoms with Crippen molar-refractivity contribution in [2.45, 2.75) is 18.2 Å². The Morgan fingerprint density at radius 1 is 1.04 bits per heavy atom. The van der Waals surface area contributed by atoms with Gasteiger partial charge < -0.3 is 10.6 Å². The normalized spacial score (nSPS) is 12.0. The van der Waals surface area contributed by atoms with Gasteiger partial charge >= 0.3 is 0 Å². The summed E-state index contributed by atoms with van der Waals surface area (Å²) in [5.74, 6) is 0.655. The van der Waals surface area contributed by atoms with E-state index in [9.17, 15) is 8.42 Å². The Kier molecular flexibility index (Phi) is 8.04. The first-order valence-electron chi connectivity index (χ1n) is 8.58. The van der Waals surface area contributed by atoms with E-state index in [0.717, 1.165) is 18.7 Å². The predicted octanol–water partition coefficient (Wildman–Crippen LogP) is 1.16. The van der Waals surface area contributed by atoms with Gasteiger partial charge in [-0.25, -0.2) is 13.1 Å². The Morgan fingerprint density at radius 3 is 2.50 bits per heavy atom. The van der Waals surface area contributed by atoms with Gasteiger partial charge in [0.25, 0.3) is 0 Å². The molecule has 0 amide bonds. The molecule has 2 aromatic rings. The van der Waals surface area contributed by atoms with Gasteiger partial charge in [-0.05, 0) is 31.2 Å². The molecule has 0 aliphatic rings. The number of pyridine rings is 1. The van der Waals surface area contributed by atoms with Gasteiger partial charge in [0.05, 0.1) is 11.4 Å². The highest BCUT2D eigenvalue weighted by Gasteiger charge is 2.11. The molecule has 8 heteroatoms. The lowest BCUT2D eigenvalue weighted by Gasteiger charge is -2.11. The first-order valence-corrected chi connectivity index (χ1v) is 10.1. The molecule has 1 heterocycles. The highest BCUT2D eigenvalue weighted by molar-refractivity contribution is 7.89. The molecule has 0 saturated carbocycles. The Hall–Kier alpha value is -2.45. The molecule has 0 fully saturated rings. The summed E-state index contributed by atoms with van der Waals surface area (Å²) in [6.07, 6.45) is 2.55. The summed E-state index contributed by atoms with van der Waals surface area (Å²) in [5, 5.41) is 6.36. The SMILES string of the molecule is CCNC(=NCCNS(=O)(=O)c1ccccc1)NCCc1ccccn1. The van der Waals surface area contributed by atoms with Crippen molar-refractivity contribution in [3.05, 3.63) is 60.4 Å². The van der Waals surface area contributed by atoms with E-state index >= 15 is 0 Å². The lowest BCUT2D eigenvalue weighted by atomic mass is 10.3. The number of sulfonamides is 1. The third-order valence-electron chi connectivity index (χ3n) is 3.47. The fraction of sp³-hybridized carbons (Fsp3) is 0.333. The van der Waals surface area contributed by atoms with Gasteiger partial charge in [0.15, 0.2) is 5.96 Å². The number of nitrogens with zero attached hydrogens (tertiary/aromatic N) is 2. The van der Waals surface area contributed by atoms with E-state index in [0.29, 0.717) is 19.0 Å². The van der Waals surface area contributed by atoms with Crippen molar-refractivity contribution in [3.63, 3.8) is 0 Å². The van der Waals surface area contributed by atoms with Crippen LogP contribution in [0.2, 0.25) is 0 Å². The van der Waals surface area contributed by atoms with Crippen LogP contribution in [-0.2, 0) is 16.4 Å². The zero-order chi connectivity index (χ0) is 18.7. The fourth-order valence-electron chi connectivity index (χ4n) is 2.23. The molecule has 1 aromatic heterocycles. The van der Waals surface area contributed by atoms with Gasteiger partial charge in [0, 0.05) is 37.9 Å². The van der Waals surface area contributed by atoms with Gasteiger partial charge in [0.1, 0.15) is 0 Å². The molecule has 0 aliphatic carbocycles. The van der Waals surface area contributed by atoms with E-state index in [1.54, 1.807) is 36.5 Å². The summed E-state index contributed by atoms with van der Waals surface area (Å²) in [4.78, 5) is 8.92. The molecule has 0 unspecified atom stereocenters. The molecular formula is C18H25N5O2S. The molecule has 0 bridgehead atoms. The number of aromatic nitrogens is 1. The molecule has 0 spiro atoms. The van der Waals surface area contributed by atoms with Gasteiger partial charge in [-0.2, -0.15) is 0 Å². The van der Waals surface area contributed by atoms with Crippen molar-refractivity contribution < 1.29 is 8.42 Å². The first-order chi connectivity index (χ1) is 12.6. The number of benzene rings is 1. The fourth-order valence-corrected chi connectivity index (χ4v) is 3.27. The Bertz CT molecular complexity index is 780. The van der Waals surface area contributed by atoms with E-state index in [4.69, 9.17) is 0 Å². The van der Waals surface area contributed by atoms with E-state index < -0.39 is 10.0 Å². The topological polar surface area (TPSA) is 95.5 Å². The van der Waals surface area contributed by atoms with Crippen LogP contribution in [0.25, 0.3) is 0 Å². The van der Waals surface area contributed by atoms with Crippen molar-refractivity contribution in [2.24, 2.45) is 4.99 Å². The molecule has 3 N–H and O–H groups in total. The quantitative estimate of drug-likeness (QED) is 0.347. The Morgan fingerprint density at radius 2 is 1.81 bits per heavy atom. The Labute approximate surface area is 155 Å². The minimum Gasteiger partial charge on any atom is -0.357 e. The van der Waals surface area contributed by atoms with Crippen LogP contribution in [0.5, 0.6) is 0 Å². The van der Waals surface area contributed by atoms with Crippen molar-refractivity contribution in [2.75, 3.05) is 26.2 Å². The highest BCUT2D eigenvalue weighted by atomic mass is 32.2. The molecule has 0 aliphatic heterocycles. The van der Waals surface area contributed by atoms with E-state index in [2.05, 4.69) is 25.3 Å². The number of guanidine groups is 1. The summed E-state index contributed by atoms with van der Waals surface area (Å²) in [5.41, 5.74) is 1.01. The van der Waals surface area contributed by atoms with Gasteiger partial charge in [0.2, 0.25) is 10.0 Å². The average molecular weight is 375 g/mol. The van der Waals surface area contributed by atoms with Crippen LogP contribution in [-0.4, -0.2) is 45.5 Å². The van der Waals surface area contributed by atoms with Crippen molar-refractivity contribution >= 4 is 16.0 Å². The van der Waals surface area contributed by atoms with E-state index in [1.807, 2.05) is 25.1 Å². The molecule has 0 saturated heterocycles. The number of rotatable bonds is 9. The second kappa shape index (κ2) is 10.5. The van der Waals surface area contributed by atoms with E-state index in [1.165, 1.54) is 0 Å². The number of hydrogen-bond donors (Lipinski definition) is 3. The summed E-state index contributed by atoms with van der Waals surface area (Å²) in [6.45, 7) is 3.97. The predicted molar refractivity (Wildman–Crippen MR) is 104 cm³/mol. The minimum atomic E-state index is -3.49. The van der Waals surface area contributed by atoms with Crippen LogP contribution in [0.15, 0.2) is 64.6 Å². The molecule has 1 aromatic carbocycles. The van der Waals surface area contributed by atoms with Crippen LogP contribution in [0, 0.1) is 0 Å². The zero-order valence-corrected chi connectivity index (χ0v) is 15.7.